The lowest BCUT2D eigenvalue weighted by atomic mass is 10.1. The predicted molar refractivity (Wildman–Crippen MR) is 146 cm³/mol. The van der Waals surface area contributed by atoms with E-state index >= 15 is 0 Å². The zero-order chi connectivity index (χ0) is 23.4. The molecule has 2 saturated heterocycles. The van der Waals surface area contributed by atoms with Crippen molar-refractivity contribution in [2.75, 3.05) is 36.0 Å². The van der Waals surface area contributed by atoms with Crippen LogP contribution in [0.5, 0.6) is 0 Å². The molecule has 33 heavy (non-hydrogen) atoms. The quantitative estimate of drug-likeness (QED) is 0.337. The van der Waals surface area contributed by atoms with Crippen LogP contribution >= 0.6 is 28.9 Å². The second kappa shape index (κ2) is 9.13. The van der Waals surface area contributed by atoms with E-state index in [-0.39, 0.29) is 32.1 Å². The van der Waals surface area contributed by atoms with Crippen LogP contribution in [-0.2, 0) is 9.47 Å². The molecule has 5 rings (SSSR count). The lowest BCUT2D eigenvalue weighted by Crippen LogP contribution is -2.45. The Morgan fingerprint density at radius 1 is 0.788 bits per heavy atom. The average Bonchev–Trinajstić information content (AvgIpc) is 2.73. The molecular weight excluding hydrogens is 545 g/mol. The van der Waals surface area contributed by atoms with Gasteiger partial charge in [0, 0.05) is 47.0 Å². The molecule has 3 aliphatic rings. The van der Waals surface area contributed by atoms with Crippen LogP contribution in [0.2, 0.25) is 0 Å². The van der Waals surface area contributed by atoms with E-state index in [1.165, 1.54) is 31.9 Å². The minimum Gasteiger partial charge on any atom is -0.372 e. The van der Waals surface area contributed by atoms with Crippen LogP contribution in [0.25, 0.3) is 0 Å². The molecule has 7 heteroatoms. The van der Waals surface area contributed by atoms with Gasteiger partial charge in [0.1, 0.15) is 0 Å². The maximum absolute atomic E-state index is 5.97. The Labute approximate surface area is 211 Å². The third kappa shape index (κ3) is 4.58. The Hall–Kier alpha value is -1.16. The van der Waals surface area contributed by atoms with E-state index in [1.807, 2.05) is 0 Å². The molecule has 1 unspecified atom stereocenters. The number of nitrogens with zero attached hydrogens (tertiary/aromatic N) is 3. The van der Waals surface area contributed by atoms with Crippen molar-refractivity contribution in [2.45, 2.75) is 70.9 Å². The molecule has 5 atom stereocenters. The van der Waals surface area contributed by atoms with E-state index in [4.69, 9.17) is 14.5 Å². The summed E-state index contributed by atoms with van der Waals surface area (Å²) in [4.78, 5) is 11.5. The summed E-state index contributed by atoms with van der Waals surface area (Å²) in [5.41, 5.74) is 6.26. The van der Waals surface area contributed by atoms with Crippen LogP contribution in [0.1, 0.15) is 38.8 Å². The molecular formula is C26H34IN3O2S. The number of hydrogen-bond donors (Lipinski definition) is 0. The number of halogens is 1. The second-order valence-corrected chi connectivity index (χ2v) is 13.9. The molecule has 2 fully saturated rings. The summed E-state index contributed by atoms with van der Waals surface area (Å²) in [7, 11) is -0.0647. The van der Waals surface area contributed by atoms with Crippen molar-refractivity contribution < 1.29 is 9.47 Å². The number of aryl methyl sites for hydroxylation is 2. The monoisotopic (exact) mass is 579 g/mol. The fraction of sp³-hybridized carbons (Fsp3) is 0.538. The van der Waals surface area contributed by atoms with Crippen molar-refractivity contribution in [1.29, 1.82) is 0 Å². The van der Waals surface area contributed by atoms with Gasteiger partial charge in [-0.05, 0) is 98.1 Å². The molecule has 0 saturated carbocycles. The summed E-state index contributed by atoms with van der Waals surface area (Å²) in [6.07, 6.45) is 0.988. The second-order valence-electron chi connectivity index (χ2n) is 9.91. The third-order valence-corrected chi connectivity index (χ3v) is 10.9. The van der Waals surface area contributed by atoms with Crippen molar-refractivity contribution in [1.82, 2.24) is 0 Å². The Bertz CT molecular complexity index is 1200. The number of benzene rings is 2. The topological polar surface area (TPSA) is 37.3 Å². The van der Waals surface area contributed by atoms with Crippen LogP contribution in [0.4, 0.5) is 17.1 Å². The summed E-state index contributed by atoms with van der Waals surface area (Å²) >= 11 is 2.65. The molecule has 0 amide bonds. The molecule has 3 aliphatic heterocycles. The van der Waals surface area contributed by atoms with Gasteiger partial charge in [-0.15, -0.1) is 0 Å². The standard InChI is InChI=1S/C26H34IN3O2S/c1-15-7-21(29-11-17(3)31-18(4)12-29)9-23-25(15)28-26-16(2)8-22(10-24(26)33(23)27)30-13-19(5)32-20(6)14-30/h7-10,17-20H,11-14H2,1-6H3/t17-,18-,19-,20+,33?/m1/s1. The largest absolute Gasteiger partial charge is 0.372 e. The molecule has 0 radical (unpaired) electrons. The molecule has 0 aliphatic carbocycles. The van der Waals surface area contributed by atoms with Gasteiger partial charge in [-0.2, -0.15) is 0 Å². The van der Waals surface area contributed by atoms with Crippen molar-refractivity contribution >= 4 is 45.9 Å². The molecule has 2 aromatic carbocycles. The highest BCUT2D eigenvalue weighted by molar-refractivity contribution is 14.2. The van der Waals surface area contributed by atoms with Crippen molar-refractivity contribution in [3.8, 4) is 0 Å². The Kier molecular flexibility index (Phi) is 6.52. The Morgan fingerprint density at radius 2 is 1.27 bits per heavy atom. The van der Waals surface area contributed by atoms with Gasteiger partial charge in [0.2, 0.25) is 0 Å². The van der Waals surface area contributed by atoms with Crippen molar-refractivity contribution in [3.63, 3.8) is 0 Å². The van der Waals surface area contributed by atoms with Crippen LogP contribution in [0.15, 0.2) is 34.2 Å². The summed E-state index contributed by atoms with van der Waals surface area (Å²) in [5, 5.41) is 1.16. The fourth-order valence-corrected chi connectivity index (χ4v) is 8.84. The molecule has 0 N–H and O–H groups in total. The van der Waals surface area contributed by atoms with Crippen LogP contribution in [0.3, 0.4) is 0 Å². The van der Waals surface area contributed by atoms with Gasteiger partial charge in [0.05, 0.1) is 35.5 Å². The van der Waals surface area contributed by atoms with Crippen molar-refractivity contribution in [3.05, 3.63) is 45.3 Å². The van der Waals surface area contributed by atoms with Crippen LogP contribution in [0, 0.1) is 18.4 Å². The van der Waals surface area contributed by atoms with E-state index in [0.717, 1.165) is 37.2 Å². The summed E-state index contributed by atoms with van der Waals surface area (Å²) in [5.74, 6) is 0. The average molecular weight is 580 g/mol. The highest BCUT2D eigenvalue weighted by Crippen LogP contribution is 2.48. The van der Waals surface area contributed by atoms with Gasteiger partial charge >= 0.3 is 0 Å². The SMILES string of the molecule is Cc1cc(N2C[C@@H](C)O[C@@H](C)C2)cc2c1N=c1c(C)cc(N3C[C@@H](C)O[C@H](C)C3)cc1=S2I. The number of anilines is 2. The molecule has 3 heterocycles. The van der Waals surface area contributed by atoms with Gasteiger partial charge in [-0.1, -0.05) is 7.66 Å². The first-order valence-electron chi connectivity index (χ1n) is 11.9. The predicted octanol–water partition coefficient (Wildman–Crippen LogP) is 5.72. The van der Waals surface area contributed by atoms with Crippen LogP contribution in [-0.4, -0.2) is 50.6 Å². The highest BCUT2D eigenvalue weighted by Gasteiger charge is 2.26. The molecule has 2 aromatic rings. The first-order valence-corrected chi connectivity index (χ1v) is 15.7. The zero-order valence-electron chi connectivity index (χ0n) is 20.4. The zero-order valence-corrected chi connectivity index (χ0v) is 23.4. The molecule has 0 bridgehead atoms. The minimum atomic E-state index is -0.0647. The smallest absolute Gasteiger partial charge is 0.0806 e. The van der Waals surface area contributed by atoms with Gasteiger partial charge in [-0.3, -0.25) is 0 Å². The Morgan fingerprint density at radius 3 is 1.82 bits per heavy atom. The van der Waals surface area contributed by atoms with Crippen molar-refractivity contribution in [2.24, 2.45) is 4.99 Å². The van der Waals surface area contributed by atoms with E-state index < -0.39 is 0 Å². The normalized spacial score (nSPS) is 29.4. The maximum Gasteiger partial charge on any atom is 0.0806 e. The number of rotatable bonds is 2. The fourth-order valence-electron chi connectivity index (χ4n) is 5.39. The lowest BCUT2D eigenvalue weighted by Gasteiger charge is -2.37. The van der Waals surface area contributed by atoms with Gasteiger partial charge in [0.15, 0.2) is 0 Å². The maximum atomic E-state index is 5.97. The molecule has 5 nitrogen and oxygen atoms in total. The van der Waals surface area contributed by atoms with E-state index in [9.17, 15) is 0 Å². The van der Waals surface area contributed by atoms with Crippen LogP contribution < -0.4 is 15.2 Å². The van der Waals surface area contributed by atoms with Gasteiger partial charge in [-0.25, -0.2) is 4.99 Å². The van der Waals surface area contributed by atoms with Gasteiger partial charge < -0.3 is 19.3 Å². The molecule has 178 valence electrons. The number of fused-ring (bicyclic) bond motifs is 2. The molecule has 0 spiro atoms. The van der Waals surface area contributed by atoms with Gasteiger partial charge in [0.25, 0.3) is 0 Å². The molecule has 0 aromatic heterocycles. The first kappa shape index (κ1) is 23.6. The summed E-state index contributed by atoms with van der Waals surface area (Å²) in [6, 6.07) is 9.39. The number of hydrogen-bond acceptors (Lipinski definition) is 5. The highest BCUT2D eigenvalue weighted by atomic mass is 127. The summed E-state index contributed by atoms with van der Waals surface area (Å²) < 4.78 is 13.3. The van der Waals surface area contributed by atoms with E-state index in [1.54, 1.807) is 0 Å². The third-order valence-electron chi connectivity index (χ3n) is 6.68. The number of ether oxygens (including phenoxy) is 2. The minimum absolute atomic E-state index is 0.0647. The van der Waals surface area contributed by atoms with E-state index in [0.29, 0.717) is 0 Å². The lowest BCUT2D eigenvalue weighted by molar-refractivity contribution is -0.00549. The Balaban J connectivity index is 1.60. The number of morpholine rings is 2. The summed E-state index contributed by atoms with van der Waals surface area (Å²) in [6.45, 7) is 16.8. The van der Waals surface area contributed by atoms with E-state index in [2.05, 4.69) is 96.8 Å². The first-order chi connectivity index (χ1) is 15.7.